The van der Waals surface area contributed by atoms with Gasteiger partial charge in [0.2, 0.25) is 5.91 Å². The number of nitrogens with zero attached hydrogens (tertiary/aromatic N) is 1. The molecule has 2 aromatic carbocycles. The third kappa shape index (κ3) is 4.89. The van der Waals surface area contributed by atoms with Gasteiger partial charge >= 0.3 is 12.1 Å². The summed E-state index contributed by atoms with van der Waals surface area (Å²) in [5.74, 6) is -1.87. The van der Waals surface area contributed by atoms with Crippen LogP contribution in [0.25, 0.3) is 11.1 Å². The van der Waals surface area contributed by atoms with Crippen molar-refractivity contribution in [3.05, 3.63) is 59.7 Å². The van der Waals surface area contributed by atoms with Gasteiger partial charge in [-0.25, -0.2) is 9.59 Å². The maximum Gasteiger partial charge on any atom is 0.407 e. The Balaban J connectivity index is 1.47. The topological polar surface area (TPSA) is 105 Å². The van der Waals surface area contributed by atoms with Crippen LogP contribution in [0.15, 0.2) is 48.5 Å². The highest BCUT2D eigenvalue weighted by molar-refractivity contribution is 5.90. The van der Waals surface area contributed by atoms with E-state index >= 15 is 0 Å². The van der Waals surface area contributed by atoms with Crippen molar-refractivity contribution in [1.82, 2.24) is 10.2 Å². The number of carbonyl (C=O) groups is 3. The maximum absolute atomic E-state index is 13.4. The fourth-order valence-electron chi connectivity index (χ4n) is 5.03. The molecule has 2 amide bonds. The van der Waals surface area contributed by atoms with Crippen molar-refractivity contribution >= 4 is 18.0 Å². The van der Waals surface area contributed by atoms with Crippen LogP contribution in [0.2, 0.25) is 0 Å². The van der Waals surface area contributed by atoms with Gasteiger partial charge in [0, 0.05) is 12.5 Å². The number of carboxylic acid groups (broad SMARTS) is 1. The molecular weight excluding hydrogens is 448 g/mol. The van der Waals surface area contributed by atoms with Crippen molar-refractivity contribution < 1.29 is 29.0 Å². The number of fused-ring (bicyclic) bond motifs is 3. The van der Waals surface area contributed by atoms with E-state index < -0.39 is 36.2 Å². The molecule has 4 rings (SSSR count). The summed E-state index contributed by atoms with van der Waals surface area (Å²) in [5, 5.41) is 12.4. The van der Waals surface area contributed by atoms with Gasteiger partial charge in [-0.1, -0.05) is 68.8 Å². The largest absolute Gasteiger partial charge is 0.480 e. The van der Waals surface area contributed by atoms with Crippen molar-refractivity contribution in [3.63, 3.8) is 0 Å². The van der Waals surface area contributed by atoms with E-state index in [1.807, 2.05) is 50.2 Å². The SMILES string of the molecule is CCC(C)[C@H](NC(=O)OCC1c2ccccc2-c2ccccc21)C(=O)N1CCOC(C)C1C(=O)O. The van der Waals surface area contributed by atoms with Crippen LogP contribution in [0.5, 0.6) is 0 Å². The standard InChI is InChI=1S/C27H32N2O6/c1-4-16(2)23(25(30)29-13-14-34-17(3)24(29)26(31)32)28-27(33)35-15-22-20-11-7-5-9-18(20)19-10-6-8-12-21(19)22/h5-12,16-17,22-24H,4,13-15H2,1-3H3,(H,28,33)(H,31,32)/t16?,17?,23-,24?/m0/s1. The van der Waals surface area contributed by atoms with Gasteiger partial charge in [-0.3, -0.25) is 4.79 Å². The first-order chi connectivity index (χ1) is 16.8. The molecule has 8 heteroatoms. The third-order valence-corrected chi connectivity index (χ3v) is 7.13. The van der Waals surface area contributed by atoms with Crippen molar-refractivity contribution in [2.75, 3.05) is 19.8 Å². The zero-order valence-corrected chi connectivity index (χ0v) is 20.3. The van der Waals surface area contributed by atoms with Crippen molar-refractivity contribution in [3.8, 4) is 11.1 Å². The van der Waals surface area contributed by atoms with E-state index in [9.17, 15) is 19.5 Å². The fourth-order valence-corrected chi connectivity index (χ4v) is 5.03. The number of alkyl carbamates (subject to hydrolysis) is 1. The molecule has 4 atom stereocenters. The van der Waals surface area contributed by atoms with Crippen molar-refractivity contribution in [2.24, 2.45) is 5.92 Å². The summed E-state index contributed by atoms with van der Waals surface area (Å²) < 4.78 is 11.1. The summed E-state index contributed by atoms with van der Waals surface area (Å²) >= 11 is 0. The highest BCUT2D eigenvalue weighted by Crippen LogP contribution is 2.44. The number of hydrogen-bond donors (Lipinski definition) is 2. The van der Waals surface area contributed by atoms with E-state index in [1.54, 1.807) is 6.92 Å². The summed E-state index contributed by atoms with van der Waals surface area (Å²) in [7, 11) is 0. The average molecular weight is 481 g/mol. The van der Waals surface area contributed by atoms with Gasteiger partial charge in [0.1, 0.15) is 12.6 Å². The lowest BCUT2D eigenvalue weighted by atomic mass is 9.96. The summed E-state index contributed by atoms with van der Waals surface area (Å²) in [6, 6.07) is 14.1. The Labute approximate surface area is 205 Å². The Hall–Kier alpha value is -3.39. The molecule has 8 nitrogen and oxygen atoms in total. The van der Waals surface area contributed by atoms with Gasteiger partial charge in [-0.15, -0.1) is 0 Å². The molecule has 0 radical (unpaired) electrons. The number of carboxylic acids is 1. The Bertz CT molecular complexity index is 1060. The number of aliphatic carboxylic acids is 1. The molecule has 2 aromatic rings. The predicted octanol–water partition coefficient (Wildman–Crippen LogP) is 3.64. The molecule has 2 N–H and O–H groups in total. The van der Waals surface area contributed by atoms with E-state index in [2.05, 4.69) is 17.4 Å². The van der Waals surface area contributed by atoms with Crippen LogP contribution in [0.1, 0.15) is 44.2 Å². The number of ether oxygens (including phenoxy) is 2. The summed E-state index contributed by atoms with van der Waals surface area (Å²) in [5.41, 5.74) is 4.46. The molecule has 0 spiro atoms. The predicted molar refractivity (Wildman–Crippen MR) is 130 cm³/mol. The number of carbonyl (C=O) groups excluding carboxylic acids is 2. The minimum Gasteiger partial charge on any atom is -0.480 e. The number of benzene rings is 2. The van der Waals surface area contributed by atoms with Crippen LogP contribution in [0.4, 0.5) is 4.79 Å². The lowest BCUT2D eigenvalue weighted by Gasteiger charge is -2.39. The second-order valence-corrected chi connectivity index (χ2v) is 9.22. The Morgan fingerprint density at radius 1 is 1.11 bits per heavy atom. The summed E-state index contributed by atoms with van der Waals surface area (Å²) in [6.07, 6.45) is -0.714. The highest BCUT2D eigenvalue weighted by atomic mass is 16.5. The minimum absolute atomic E-state index is 0.0950. The van der Waals surface area contributed by atoms with Gasteiger partial charge in [-0.05, 0) is 35.1 Å². The molecule has 1 heterocycles. The van der Waals surface area contributed by atoms with E-state index in [0.717, 1.165) is 22.3 Å². The molecule has 186 valence electrons. The number of nitrogens with one attached hydrogen (secondary N) is 1. The molecule has 0 saturated carbocycles. The Kier molecular flexibility index (Phi) is 7.40. The van der Waals surface area contributed by atoms with Crippen LogP contribution in [0.3, 0.4) is 0 Å². The number of amides is 2. The number of rotatable bonds is 7. The first kappa shape index (κ1) is 24.7. The average Bonchev–Trinajstić information content (AvgIpc) is 3.18. The van der Waals surface area contributed by atoms with Crippen LogP contribution in [-0.4, -0.2) is 65.9 Å². The molecule has 1 fully saturated rings. The van der Waals surface area contributed by atoms with E-state index in [-0.39, 0.29) is 31.6 Å². The molecule has 1 saturated heterocycles. The highest BCUT2D eigenvalue weighted by Gasteiger charge is 2.42. The molecule has 35 heavy (non-hydrogen) atoms. The zero-order valence-electron chi connectivity index (χ0n) is 20.3. The van der Waals surface area contributed by atoms with Crippen LogP contribution in [-0.2, 0) is 19.1 Å². The summed E-state index contributed by atoms with van der Waals surface area (Å²) in [6.45, 7) is 5.93. The smallest absolute Gasteiger partial charge is 0.407 e. The first-order valence-electron chi connectivity index (χ1n) is 12.1. The van der Waals surface area contributed by atoms with E-state index in [0.29, 0.717) is 6.42 Å². The van der Waals surface area contributed by atoms with Crippen LogP contribution >= 0.6 is 0 Å². The van der Waals surface area contributed by atoms with Gasteiger partial charge in [0.05, 0.1) is 12.7 Å². The quantitative estimate of drug-likeness (QED) is 0.627. The minimum atomic E-state index is -1.13. The molecule has 0 bridgehead atoms. The molecule has 2 aliphatic rings. The number of morpholine rings is 1. The van der Waals surface area contributed by atoms with Gasteiger partial charge in [-0.2, -0.15) is 0 Å². The lowest BCUT2D eigenvalue weighted by Crippen LogP contribution is -2.62. The maximum atomic E-state index is 13.4. The molecule has 1 aliphatic carbocycles. The van der Waals surface area contributed by atoms with Gasteiger partial charge in [0.15, 0.2) is 6.04 Å². The zero-order chi connectivity index (χ0) is 25.1. The van der Waals surface area contributed by atoms with E-state index in [1.165, 1.54) is 4.90 Å². The van der Waals surface area contributed by atoms with Crippen LogP contribution < -0.4 is 5.32 Å². The first-order valence-corrected chi connectivity index (χ1v) is 12.1. The fraction of sp³-hybridized carbons (Fsp3) is 0.444. The molecular formula is C27H32N2O6. The van der Waals surface area contributed by atoms with Gasteiger partial charge < -0.3 is 24.8 Å². The third-order valence-electron chi connectivity index (χ3n) is 7.13. The van der Waals surface area contributed by atoms with Crippen molar-refractivity contribution in [1.29, 1.82) is 0 Å². The van der Waals surface area contributed by atoms with E-state index in [4.69, 9.17) is 9.47 Å². The molecule has 3 unspecified atom stereocenters. The second kappa shape index (κ2) is 10.5. The van der Waals surface area contributed by atoms with Gasteiger partial charge in [0.25, 0.3) is 0 Å². The number of hydrogen-bond acceptors (Lipinski definition) is 5. The van der Waals surface area contributed by atoms with Crippen molar-refractivity contribution in [2.45, 2.75) is 51.3 Å². The summed E-state index contributed by atoms with van der Waals surface area (Å²) in [4.78, 5) is 39.4. The molecule has 0 aromatic heterocycles. The second-order valence-electron chi connectivity index (χ2n) is 9.22. The lowest BCUT2D eigenvalue weighted by molar-refractivity contribution is -0.166. The normalized spacial score (nSPS) is 20.9. The Morgan fingerprint density at radius 2 is 1.71 bits per heavy atom. The Morgan fingerprint density at radius 3 is 2.29 bits per heavy atom. The molecule has 1 aliphatic heterocycles. The monoisotopic (exact) mass is 480 g/mol. The van der Waals surface area contributed by atoms with Crippen LogP contribution in [0, 0.1) is 5.92 Å².